The fourth-order valence-electron chi connectivity index (χ4n) is 3.01. The van der Waals surface area contributed by atoms with Gasteiger partial charge in [-0.3, -0.25) is 9.59 Å². The van der Waals surface area contributed by atoms with Crippen LogP contribution in [0.15, 0.2) is 72.8 Å². The molecular weight excluding hydrogens is 404 g/mol. The average molecular weight is 421 g/mol. The van der Waals surface area contributed by atoms with Crippen molar-refractivity contribution in [1.29, 1.82) is 0 Å². The second-order valence-electron chi connectivity index (χ2n) is 6.54. The molecule has 4 aromatic rings. The Hall–Kier alpha value is -3.15. The Kier molecular flexibility index (Phi) is 5.34. The Morgan fingerprint density at radius 3 is 2.03 bits per heavy atom. The maximum Gasteiger partial charge on any atom is 0.267 e. The molecule has 0 radical (unpaired) electrons. The summed E-state index contributed by atoms with van der Waals surface area (Å²) in [6.07, 6.45) is 0. The van der Waals surface area contributed by atoms with Gasteiger partial charge in [-0.25, -0.2) is 0 Å². The Morgan fingerprint density at radius 2 is 1.38 bits per heavy atom. The van der Waals surface area contributed by atoms with Gasteiger partial charge in [-0.05, 0) is 48.9 Å². The lowest BCUT2D eigenvalue weighted by Crippen LogP contribution is -2.13. The lowest BCUT2D eigenvalue weighted by atomic mass is 10.1. The fraction of sp³-hybridized carbons (Fsp3) is 0.0435. The van der Waals surface area contributed by atoms with Gasteiger partial charge in [0.15, 0.2) is 0 Å². The van der Waals surface area contributed by atoms with E-state index >= 15 is 0 Å². The Labute approximate surface area is 177 Å². The smallest absolute Gasteiger partial charge is 0.267 e. The van der Waals surface area contributed by atoms with E-state index < -0.39 is 0 Å². The van der Waals surface area contributed by atoms with Crippen molar-refractivity contribution in [3.05, 3.63) is 93.8 Å². The van der Waals surface area contributed by atoms with Gasteiger partial charge in [0.05, 0.1) is 5.02 Å². The quantitative estimate of drug-likeness (QED) is 0.403. The summed E-state index contributed by atoms with van der Waals surface area (Å²) in [6, 6.07) is 22.0. The first-order valence-corrected chi connectivity index (χ1v) is 10.2. The van der Waals surface area contributed by atoms with Gasteiger partial charge in [0.25, 0.3) is 11.8 Å². The molecule has 0 aliphatic heterocycles. The highest BCUT2D eigenvalue weighted by Crippen LogP contribution is 2.35. The minimum absolute atomic E-state index is 0.169. The van der Waals surface area contributed by atoms with Gasteiger partial charge in [-0.1, -0.05) is 48.0 Å². The van der Waals surface area contributed by atoms with E-state index in [1.807, 2.05) is 49.4 Å². The third-order valence-corrected chi connectivity index (χ3v) is 6.21. The Morgan fingerprint density at radius 1 is 0.793 bits per heavy atom. The van der Waals surface area contributed by atoms with Crippen LogP contribution in [0.25, 0.3) is 10.1 Å². The number of thiophene rings is 1. The molecule has 0 aliphatic carbocycles. The van der Waals surface area contributed by atoms with Crippen LogP contribution in [0.4, 0.5) is 11.4 Å². The summed E-state index contributed by atoms with van der Waals surface area (Å²) in [4.78, 5) is 25.5. The Balaban J connectivity index is 1.46. The van der Waals surface area contributed by atoms with E-state index in [0.717, 1.165) is 15.6 Å². The monoisotopic (exact) mass is 420 g/mol. The molecular formula is C23H17ClN2O2S. The van der Waals surface area contributed by atoms with Gasteiger partial charge in [0, 0.05) is 27.0 Å². The standard InChI is InChI=1S/C23H17ClN2O2S/c1-14-6-2-3-7-17(14)22(27)25-15-10-12-16(13-11-15)26-23(28)21-20(24)18-8-4-5-9-19(18)29-21/h2-13H,1H3,(H,25,27)(H,26,28). The van der Waals surface area contributed by atoms with Crippen molar-refractivity contribution in [2.75, 3.05) is 10.6 Å². The topological polar surface area (TPSA) is 58.2 Å². The molecule has 0 saturated carbocycles. The number of hydrogen-bond acceptors (Lipinski definition) is 3. The van der Waals surface area contributed by atoms with Crippen LogP contribution in [0.2, 0.25) is 5.02 Å². The summed E-state index contributed by atoms with van der Waals surface area (Å²) < 4.78 is 0.969. The number of anilines is 2. The molecule has 0 unspecified atom stereocenters. The molecule has 0 fully saturated rings. The zero-order chi connectivity index (χ0) is 20.4. The summed E-state index contributed by atoms with van der Waals surface area (Å²) >= 11 is 7.73. The summed E-state index contributed by atoms with van der Waals surface area (Å²) in [5, 5.41) is 7.06. The first-order valence-electron chi connectivity index (χ1n) is 8.98. The molecule has 4 nitrogen and oxygen atoms in total. The van der Waals surface area contributed by atoms with E-state index in [1.165, 1.54) is 11.3 Å². The molecule has 0 saturated heterocycles. The van der Waals surface area contributed by atoms with Gasteiger partial charge in [0.1, 0.15) is 4.88 Å². The fourth-order valence-corrected chi connectivity index (χ4v) is 4.42. The molecule has 0 aliphatic rings. The number of hydrogen-bond donors (Lipinski definition) is 2. The highest BCUT2D eigenvalue weighted by atomic mass is 35.5. The molecule has 4 rings (SSSR count). The van der Waals surface area contributed by atoms with Crippen LogP contribution in [0, 0.1) is 6.92 Å². The molecule has 2 amide bonds. The summed E-state index contributed by atoms with van der Waals surface area (Å²) in [7, 11) is 0. The molecule has 1 aromatic heterocycles. The maximum absolute atomic E-state index is 12.6. The zero-order valence-electron chi connectivity index (χ0n) is 15.5. The molecule has 144 valence electrons. The van der Waals surface area contributed by atoms with Crippen LogP contribution >= 0.6 is 22.9 Å². The number of amides is 2. The maximum atomic E-state index is 12.6. The average Bonchev–Trinajstić information content (AvgIpc) is 3.07. The number of rotatable bonds is 4. The summed E-state index contributed by atoms with van der Waals surface area (Å²) in [6.45, 7) is 1.90. The van der Waals surface area contributed by atoms with E-state index in [9.17, 15) is 9.59 Å². The van der Waals surface area contributed by atoms with Crippen LogP contribution < -0.4 is 10.6 Å². The van der Waals surface area contributed by atoms with Crippen LogP contribution in [0.5, 0.6) is 0 Å². The predicted molar refractivity (Wildman–Crippen MR) is 120 cm³/mol. The lowest BCUT2D eigenvalue weighted by molar-refractivity contribution is 0.101. The van der Waals surface area contributed by atoms with Gasteiger partial charge in [-0.2, -0.15) is 0 Å². The predicted octanol–water partition coefficient (Wildman–Crippen LogP) is 6.37. The molecule has 29 heavy (non-hydrogen) atoms. The van der Waals surface area contributed by atoms with E-state index in [1.54, 1.807) is 30.3 Å². The largest absolute Gasteiger partial charge is 0.322 e. The van der Waals surface area contributed by atoms with E-state index in [4.69, 9.17) is 11.6 Å². The number of nitrogens with one attached hydrogen (secondary N) is 2. The summed E-state index contributed by atoms with van der Waals surface area (Å²) in [5.74, 6) is -0.426. The van der Waals surface area contributed by atoms with Crippen molar-refractivity contribution in [3.63, 3.8) is 0 Å². The minimum atomic E-state index is -0.257. The van der Waals surface area contributed by atoms with Crippen molar-refractivity contribution in [2.45, 2.75) is 6.92 Å². The molecule has 0 bridgehead atoms. The van der Waals surface area contributed by atoms with Crippen LogP contribution in [-0.2, 0) is 0 Å². The Bertz CT molecular complexity index is 1220. The van der Waals surface area contributed by atoms with Gasteiger partial charge in [-0.15, -0.1) is 11.3 Å². The molecule has 0 atom stereocenters. The third-order valence-electron chi connectivity index (χ3n) is 4.53. The third kappa shape index (κ3) is 4.01. The van der Waals surface area contributed by atoms with Gasteiger partial charge >= 0.3 is 0 Å². The lowest BCUT2D eigenvalue weighted by Gasteiger charge is -2.09. The van der Waals surface area contributed by atoms with Gasteiger partial charge in [0.2, 0.25) is 0 Å². The van der Waals surface area contributed by atoms with E-state index in [0.29, 0.717) is 26.8 Å². The van der Waals surface area contributed by atoms with Crippen molar-refractivity contribution in [3.8, 4) is 0 Å². The van der Waals surface area contributed by atoms with Crippen LogP contribution in [-0.4, -0.2) is 11.8 Å². The second-order valence-corrected chi connectivity index (χ2v) is 7.97. The minimum Gasteiger partial charge on any atom is -0.322 e. The van der Waals surface area contributed by atoms with Crippen LogP contribution in [0.3, 0.4) is 0 Å². The van der Waals surface area contributed by atoms with Crippen molar-refractivity contribution in [2.24, 2.45) is 0 Å². The first-order chi connectivity index (χ1) is 14.0. The SMILES string of the molecule is Cc1ccccc1C(=O)Nc1ccc(NC(=O)c2sc3ccccc3c2Cl)cc1. The van der Waals surface area contributed by atoms with E-state index in [2.05, 4.69) is 10.6 Å². The molecule has 6 heteroatoms. The van der Waals surface area contributed by atoms with Crippen molar-refractivity contribution < 1.29 is 9.59 Å². The van der Waals surface area contributed by atoms with Crippen LogP contribution in [0.1, 0.15) is 25.6 Å². The number of halogens is 1. The second kappa shape index (κ2) is 8.07. The molecule has 2 N–H and O–H groups in total. The molecule has 0 spiro atoms. The highest BCUT2D eigenvalue weighted by Gasteiger charge is 2.17. The number of aryl methyl sites for hydroxylation is 1. The zero-order valence-corrected chi connectivity index (χ0v) is 17.1. The molecule has 3 aromatic carbocycles. The number of fused-ring (bicyclic) bond motifs is 1. The first kappa shape index (κ1) is 19.2. The normalized spacial score (nSPS) is 10.7. The number of carbonyl (C=O) groups is 2. The van der Waals surface area contributed by atoms with Gasteiger partial charge < -0.3 is 10.6 Å². The van der Waals surface area contributed by atoms with Crippen molar-refractivity contribution in [1.82, 2.24) is 0 Å². The highest BCUT2D eigenvalue weighted by molar-refractivity contribution is 7.21. The van der Waals surface area contributed by atoms with E-state index in [-0.39, 0.29) is 11.8 Å². The number of benzene rings is 3. The number of carbonyl (C=O) groups excluding carboxylic acids is 2. The molecule has 1 heterocycles. The van der Waals surface area contributed by atoms with Crippen molar-refractivity contribution >= 4 is 56.2 Å². The summed E-state index contributed by atoms with van der Waals surface area (Å²) in [5.41, 5.74) is 2.81.